The molecule has 1 aromatic carbocycles. The van der Waals surface area contributed by atoms with Crippen LogP contribution in [0.1, 0.15) is 19.8 Å². The van der Waals surface area contributed by atoms with Crippen molar-refractivity contribution in [3.63, 3.8) is 0 Å². The molecule has 0 aromatic heterocycles. The first-order valence-electron chi connectivity index (χ1n) is 9.01. The number of aliphatic imine (C=N–C) groups is 1. The molecule has 0 aliphatic carbocycles. The lowest BCUT2D eigenvalue weighted by Gasteiger charge is -2.32. The molecule has 0 amide bonds. The summed E-state index contributed by atoms with van der Waals surface area (Å²) in [6.07, 6.45) is -0.632. The molecule has 154 valence electrons. The molecule has 9 heteroatoms. The van der Waals surface area contributed by atoms with Crippen molar-refractivity contribution in [2.45, 2.75) is 37.1 Å². The van der Waals surface area contributed by atoms with E-state index >= 15 is 0 Å². The lowest BCUT2D eigenvalue weighted by Crippen LogP contribution is -2.49. The average molecular weight is 516 g/mol. The third-order valence-corrected chi connectivity index (χ3v) is 5.15. The number of piperidine rings is 1. The molecule has 4 nitrogen and oxygen atoms in total. The fourth-order valence-electron chi connectivity index (χ4n) is 2.84. The number of alkyl halides is 2. The van der Waals surface area contributed by atoms with Crippen molar-refractivity contribution >= 4 is 41.7 Å². The van der Waals surface area contributed by atoms with E-state index < -0.39 is 6.43 Å². The molecule has 27 heavy (non-hydrogen) atoms. The van der Waals surface area contributed by atoms with Crippen LogP contribution in [0.15, 0.2) is 34.2 Å². The van der Waals surface area contributed by atoms with Gasteiger partial charge in [-0.1, -0.05) is 12.1 Å². The summed E-state index contributed by atoms with van der Waals surface area (Å²) in [6.45, 7) is 4.51. The van der Waals surface area contributed by atoms with Crippen LogP contribution in [0.4, 0.5) is 13.2 Å². The van der Waals surface area contributed by atoms with E-state index in [9.17, 15) is 13.2 Å². The Labute approximate surface area is 180 Å². The predicted molar refractivity (Wildman–Crippen MR) is 117 cm³/mol. The van der Waals surface area contributed by atoms with Gasteiger partial charge in [0.2, 0.25) is 0 Å². The Hall–Kier alpha value is -0.680. The molecule has 1 fully saturated rings. The van der Waals surface area contributed by atoms with Gasteiger partial charge in [-0.3, -0.25) is 9.89 Å². The fraction of sp³-hybridized carbons (Fsp3) is 0.611. The molecule has 1 aromatic rings. The summed E-state index contributed by atoms with van der Waals surface area (Å²) in [5, 5.41) is 6.59. The molecule has 2 rings (SSSR count). The smallest absolute Gasteiger partial charge is 0.251 e. The molecule has 1 aliphatic heterocycles. The summed E-state index contributed by atoms with van der Waals surface area (Å²) in [5.74, 6) is 1.21. The normalized spacial score (nSPS) is 16.3. The number of hydrogen-bond donors (Lipinski definition) is 2. The minimum Gasteiger partial charge on any atom is -0.357 e. The third kappa shape index (κ3) is 9.38. The van der Waals surface area contributed by atoms with Crippen LogP contribution in [0.2, 0.25) is 0 Å². The maximum absolute atomic E-state index is 13.6. The topological polar surface area (TPSA) is 39.7 Å². The lowest BCUT2D eigenvalue weighted by atomic mass is 10.1. The zero-order valence-electron chi connectivity index (χ0n) is 15.5. The van der Waals surface area contributed by atoms with Gasteiger partial charge in [-0.15, -0.1) is 35.7 Å². The second-order valence-electron chi connectivity index (χ2n) is 6.15. The Kier molecular flexibility index (Phi) is 12.2. The minimum absolute atomic E-state index is 0. The molecule has 0 atom stereocenters. The lowest BCUT2D eigenvalue weighted by molar-refractivity contribution is 0.0744. The number of nitrogens with one attached hydrogen (secondary N) is 2. The molecular formula is C18H28F3IN4S. The highest BCUT2D eigenvalue weighted by Gasteiger charge is 2.21. The minimum atomic E-state index is -2.27. The van der Waals surface area contributed by atoms with Gasteiger partial charge >= 0.3 is 0 Å². The molecule has 0 bridgehead atoms. The maximum Gasteiger partial charge on any atom is 0.251 e. The number of nitrogens with zero attached hydrogens (tertiary/aromatic N) is 2. The van der Waals surface area contributed by atoms with Crippen LogP contribution >= 0.6 is 35.7 Å². The van der Waals surface area contributed by atoms with Gasteiger partial charge in [0.1, 0.15) is 5.82 Å². The summed E-state index contributed by atoms with van der Waals surface area (Å²) in [6, 6.07) is 6.96. The monoisotopic (exact) mass is 516 g/mol. The number of likely N-dealkylation sites (tertiary alicyclic amines) is 1. The molecule has 1 heterocycles. The van der Waals surface area contributed by atoms with Crippen molar-refractivity contribution in [3.05, 3.63) is 30.1 Å². The zero-order valence-corrected chi connectivity index (χ0v) is 18.6. The molecule has 1 saturated heterocycles. The first kappa shape index (κ1) is 24.4. The fourth-order valence-corrected chi connectivity index (χ4v) is 3.63. The van der Waals surface area contributed by atoms with Crippen LogP contribution in [0.25, 0.3) is 0 Å². The molecule has 0 spiro atoms. The van der Waals surface area contributed by atoms with Crippen LogP contribution in [-0.4, -0.2) is 61.8 Å². The van der Waals surface area contributed by atoms with Gasteiger partial charge < -0.3 is 10.6 Å². The molecule has 0 radical (unpaired) electrons. The Bertz CT molecular complexity index is 569. The summed E-state index contributed by atoms with van der Waals surface area (Å²) in [7, 11) is 0. The van der Waals surface area contributed by atoms with E-state index in [4.69, 9.17) is 0 Å². The largest absolute Gasteiger partial charge is 0.357 e. The first-order chi connectivity index (χ1) is 12.6. The summed E-state index contributed by atoms with van der Waals surface area (Å²) in [4.78, 5) is 6.97. The van der Waals surface area contributed by atoms with Crippen LogP contribution in [0.3, 0.4) is 0 Å². The van der Waals surface area contributed by atoms with Crippen molar-refractivity contribution in [3.8, 4) is 0 Å². The molecule has 0 unspecified atom stereocenters. The van der Waals surface area contributed by atoms with Gasteiger partial charge in [0.15, 0.2) is 5.96 Å². The van der Waals surface area contributed by atoms with Gasteiger partial charge in [0.05, 0.1) is 13.1 Å². The summed E-state index contributed by atoms with van der Waals surface area (Å²) < 4.78 is 38.5. The second-order valence-corrected chi connectivity index (χ2v) is 7.29. The summed E-state index contributed by atoms with van der Waals surface area (Å²) in [5.41, 5.74) is 0. The number of benzene rings is 1. The molecule has 1 aliphatic rings. The van der Waals surface area contributed by atoms with Crippen LogP contribution in [0.5, 0.6) is 0 Å². The van der Waals surface area contributed by atoms with Gasteiger partial charge in [0.25, 0.3) is 6.43 Å². The highest BCUT2D eigenvalue weighted by atomic mass is 127. The van der Waals surface area contributed by atoms with E-state index in [0.717, 1.165) is 25.3 Å². The second kappa shape index (κ2) is 13.5. The SMILES string of the molecule is CCNC(=NCCSc1ccccc1F)NC1CCN(CC(F)F)CC1.I. The van der Waals surface area contributed by atoms with E-state index in [-0.39, 0.29) is 42.4 Å². The van der Waals surface area contributed by atoms with E-state index in [1.165, 1.54) is 17.8 Å². The third-order valence-electron chi connectivity index (χ3n) is 4.12. The van der Waals surface area contributed by atoms with Crippen molar-refractivity contribution in [1.29, 1.82) is 0 Å². The number of rotatable bonds is 8. The van der Waals surface area contributed by atoms with Gasteiger partial charge in [-0.05, 0) is 31.9 Å². The van der Waals surface area contributed by atoms with Crippen LogP contribution < -0.4 is 10.6 Å². The highest BCUT2D eigenvalue weighted by molar-refractivity contribution is 14.0. The number of guanidine groups is 1. The Morgan fingerprint density at radius 1 is 1.30 bits per heavy atom. The predicted octanol–water partition coefficient (Wildman–Crippen LogP) is 3.82. The van der Waals surface area contributed by atoms with Crippen molar-refractivity contribution in [2.24, 2.45) is 4.99 Å². The van der Waals surface area contributed by atoms with E-state index in [1.807, 2.05) is 13.0 Å². The Morgan fingerprint density at radius 2 is 2.00 bits per heavy atom. The van der Waals surface area contributed by atoms with Gasteiger partial charge in [-0.2, -0.15) is 0 Å². The first-order valence-corrected chi connectivity index (χ1v) is 9.99. The van der Waals surface area contributed by atoms with Crippen LogP contribution in [-0.2, 0) is 0 Å². The summed E-state index contributed by atoms with van der Waals surface area (Å²) >= 11 is 1.44. The van der Waals surface area contributed by atoms with Gasteiger partial charge in [0, 0.05) is 36.3 Å². The highest BCUT2D eigenvalue weighted by Crippen LogP contribution is 2.20. The van der Waals surface area contributed by atoms with Crippen molar-refractivity contribution < 1.29 is 13.2 Å². The quantitative estimate of drug-likeness (QED) is 0.181. The van der Waals surface area contributed by atoms with Gasteiger partial charge in [-0.25, -0.2) is 13.2 Å². The standard InChI is InChI=1S/C18H27F3N4S.HI/c1-2-22-18(23-9-12-26-16-6-4-3-5-15(16)19)24-14-7-10-25(11-8-14)13-17(20)21;/h3-6,14,17H,2,7-13H2,1H3,(H2,22,23,24);1H. The van der Waals surface area contributed by atoms with Crippen LogP contribution in [0, 0.1) is 5.82 Å². The number of halogens is 4. The van der Waals surface area contributed by atoms with Crippen molar-refractivity contribution in [2.75, 3.05) is 38.5 Å². The molecule has 2 N–H and O–H groups in total. The average Bonchev–Trinajstić information content (AvgIpc) is 2.61. The number of thioether (sulfide) groups is 1. The van der Waals surface area contributed by atoms with E-state index in [2.05, 4.69) is 15.6 Å². The Balaban J connectivity index is 0.00000364. The molecular weight excluding hydrogens is 488 g/mol. The zero-order chi connectivity index (χ0) is 18.8. The maximum atomic E-state index is 13.6. The Morgan fingerprint density at radius 3 is 2.63 bits per heavy atom. The van der Waals surface area contributed by atoms with Crippen molar-refractivity contribution in [1.82, 2.24) is 15.5 Å². The van der Waals surface area contributed by atoms with E-state index in [1.54, 1.807) is 17.0 Å². The van der Waals surface area contributed by atoms with E-state index in [0.29, 0.717) is 30.3 Å². The number of hydrogen-bond acceptors (Lipinski definition) is 3. The molecule has 0 saturated carbocycles.